The summed E-state index contributed by atoms with van der Waals surface area (Å²) in [4.78, 5) is 13.3. The van der Waals surface area contributed by atoms with Crippen LogP contribution in [-0.4, -0.2) is 57.4 Å². The Morgan fingerprint density at radius 3 is 3.00 bits per heavy atom. The van der Waals surface area contributed by atoms with E-state index in [-0.39, 0.29) is 18.1 Å². The van der Waals surface area contributed by atoms with E-state index in [1.165, 1.54) is 4.90 Å². The molecule has 1 aliphatic rings. The number of hydrogen-bond acceptors (Lipinski definition) is 3. The van der Waals surface area contributed by atoms with Crippen molar-refractivity contribution in [2.75, 3.05) is 40.3 Å². The number of carbonyl (C=O) groups is 1. The van der Waals surface area contributed by atoms with Gasteiger partial charge in [-0.3, -0.25) is 0 Å². The summed E-state index contributed by atoms with van der Waals surface area (Å²) in [5.41, 5.74) is 1.13. The van der Waals surface area contributed by atoms with E-state index in [0.29, 0.717) is 13.2 Å². The normalized spacial score (nSPS) is 22.0. The number of benzene rings is 1. The van der Waals surface area contributed by atoms with Crippen LogP contribution in [0.25, 0.3) is 0 Å². The Kier molecular flexibility index (Phi) is 6.73. The number of ether oxygens (including phenoxy) is 1. The molecule has 2 unspecified atom stereocenters. The van der Waals surface area contributed by atoms with E-state index in [1.54, 1.807) is 14.1 Å². The van der Waals surface area contributed by atoms with Gasteiger partial charge in [0.1, 0.15) is 0 Å². The first-order valence-electron chi connectivity index (χ1n) is 7.21. The molecule has 22 heavy (non-hydrogen) atoms. The van der Waals surface area contributed by atoms with E-state index in [2.05, 4.69) is 39.3 Å². The monoisotopic (exact) mass is 437 g/mol. The number of nitrogens with one attached hydrogen (secondary N) is 2. The minimum Gasteiger partial charge on any atom is -0.374 e. The van der Waals surface area contributed by atoms with Crippen molar-refractivity contribution >= 4 is 40.2 Å². The Morgan fingerprint density at radius 2 is 2.32 bits per heavy atom. The number of urea groups is 1. The van der Waals surface area contributed by atoms with Crippen molar-refractivity contribution in [2.45, 2.75) is 12.0 Å². The molecule has 5 nitrogen and oxygen atoms in total. The van der Waals surface area contributed by atoms with Crippen LogP contribution in [0.3, 0.4) is 0 Å². The minimum atomic E-state index is -0.111. The molecule has 0 bridgehead atoms. The molecular weight excluding hydrogens is 417 g/mol. The third kappa shape index (κ3) is 4.71. The van der Waals surface area contributed by atoms with E-state index in [4.69, 9.17) is 16.3 Å². The lowest BCUT2D eigenvalue weighted by atomic mass is 9.93. The number of rotatable bonds is 3. The highest BCUT2D eigenvalue weighted by molar-refractivity contribution is 14.1. The average Bonchev–Trinajstić information content (AvgIpc) is 2.73. The van der Waals surface area contributed by atoms with Gasteiger partial charge in [0.15, 0.2) is 0 Å². The zero-order valence-corrected chi connectivity index (χ0v) is 15.6. The molecule has 0 radical (unpaired) electrons. The smallest absolute Gasteiger partial charge is 0.316 e. The zero-order valence-electron chi connectivity index (χ0n) is 12.7. The van der Waals surface area contributed by atoms with Crippen LogP contribution in [-0.2, 0) is 4.74 Å². The van der Waals surface area contributed by atoms with E-state index in [1.807, 2.05) is 12.1 Å². The molecule has 1 aromatic rings. The summed E-state index contributed by atoms with van der Waals surface area (Å²) < 4.78 is 6.96. The Bertz CT molecular complexity index is 528. The Hall–Kier alpha value is -0.570. The van der Waals surface area contributed by atoms with Gasteiger partial charge < -0.3 is 20.3 Å². The van der Waals surface area contributed by atoms with Crippen LogP contribution in [0.15, 0.2) is 18.2 Å². The zero-order chi connectivity index (χ0) is 16.1. The topological polar surface area (TPSA) is 53.6 Å². The highest BCUT2D eigenvalue weighted by Gasteiger charge is 2.27. The summed E-state index contributed by atoms with van der Waals surface area (Å²) in [5, 5.41) is 7.03. The lowest BCUT2D eigenvalue weighted by Gasteiger charge is -2.26. The van der Waals surface area contributed by atoms with E-state index in [0.717, 1.165) is 27.2 Å². The third-order valence-corrected chi connectivity index (χ3v) is 5.23. The molecule has 2 atom stereocenters. The maximum absolute atomic E-state index is 11.7. The fourth-order valence-corrected chi connectivity index (χ4v) is 2.93. The minimum absolute atomic E-state index is 0.0740. The molecule has 1 heterocycles. The van der Waals surface area contributed by atoms with E-state index < -0.39 is 0 Å². The number of carbonyl (C=O) groups excluding carboxylic acids is 1. The number of nitrogens with zero attached hydrogens (tertiary/aromatic N) is 1. The molecule has 0 saturated carbocycles. The molecule has 1 fully saturated rings. The Balaban J connectivity index is 2.13. The lowest BCUT2D eigenvalue weighted by molar-refractivity contribution is 0.0532. The van der Waals surface area contributed by atoms with Gasteiger partial charge in [0.25, 0.3) is 0 Å². The SMILES string of the molecule is CN(C)C(=O)NCC1OCCNCC1c1ccc(I)c(Cl)c1. The van der Waals surface area contributed by atoms with Gasteiger partial charge >= 0.3 is 6.03 Å². The summed E-state index contributed by atoms with van der Waals surface area (Å²) >= 11 is 8.46. The maximum Gasteiger partial charge on any atom is 0.316 e. The molecule has 2 N–H and O–H groups in total. The molecule has 1 aromatic carbocycles. The predicted octanol–water partition coefficient (Wildman–Crippen LogP) is 2.29. The number of amides is 2. The third-order valence-electron chi connectivity index (χ3n) is 3.66. The lowest BCUT2D eigenvalue weighted by Crippen LogP contribution is -2.42. The Labute approximate surface area is 149 Å². The quantitative estimate of drug-likeness (QED) is 0.714. The van der Waals surface area contributed by atoms with Crippen molar-refractivity contribution in [1.82, 2.24) is 15.5 Å². The second-order valence-electron chi connectivity index (χ2n) is 5.47. The van der Waals surface area contributed by atoms with Crippen LogP contribution >= 0.6 is 34.2 Å². The summed E-state index contributed by atoms with van der Waals surface area (Å²) in [5.74, 6) is 0.152. The van der Waals surface area contributed by atoms with Crippen LogP contribution in [0, 0.1) is 3.57 Å². The Morgan fingerprint density at radius 1 is 1.55 bits per heavy atom. The molecule has 1 aliphatic heterocycles. The van der Waals surface area contributed by atoms with Crippen LogP contribution in [0.1, 0.15) is 11.5 Å². The molecule has 122 valence electrons. The van der Waals surface area contributed by atoms with Gasteiger partial charge in [-0.2, -0.15) is 0 Å². The summed E-state index contributed by atoms with van der Waals surface area (Å²) in [7, 11) is 3.45. The van der Waals surface area contributed by atoms with Crippen molar-refractivity contribution in [3.63, 3.8) is 0 Å². The van der Waals surface area contributed by atoms with Crippen molar-refractivity contribution in [3.05, 3.63) is 32.4 Å². The first-order chi connectivity index (χ1) is 10.5. The predicted molar refractivity (Wildman–Crippen MR) is 96.6 cm³/mol. The number of hydrogen-bond donors (Lipinski definition) is 2. The van der Waals surface area contributed by atoms with Crippen molar-refractivity contribution < 1.29 is 9.53 Å². The van der Waals surface area contributed by atoms with Crippen LogP contribution in [0.4, 0.5) is 4.79 Å². The van der Waals surface area contributed by atoms with Crippen molar-refractivity contribution in [1.29, 1.82) is 0 Å². The summed E-state index contributed by atoms with van der Waals surface area (Å²) in [6.07, 6.45) is -0.0740. The standard InChI is InChI=1S/C15H21ClIN3O2/c1-20(2)15(21)19-9-14-11(8-18-5-6-22-14)10-3-4-13(17)12(16)7-10/h3-4,7,11,14,18H,5-6,8-9H2,1-2H3,(H,19,21). The van der Waals surface area contributed by atoms with Crippen LogP contribution < -0.4 is 10.6 Å². The van der Waals surface area contributed by atoms with Gasteiger partial charge in [0.05, 0.1) is 17.7 Å². The average molecular weight is 438 g/mol. The molecular formula is C15H21ClIN3O2. The fourth-order valence-electron chi connectivity index (χ4n) is 2.41. The first kappa shape index (κ1) is 17.8. The maximum atomic E-state index is 11.7. The number of halogens is 2. The molecule has 2 amide bonds. The highest BCUT2D eigenvalue weighted by Crippen LogP contribution is 2.28. The van der Waals surface area contributed by atoms with Crippen molar-refractivity contribution in [2.24, 2.45) is 0 Å². The van der Waals surface area contributed by atoms with E-state index >= 15 is 0 Å². The van der Waals surface area contributed by atoms with Crippen LogP contribution in [0.2, 0.25) is 5.02 Å². The van der Waals surface area contributed by atoms with Gasteiger partial charge in [-0.15, -0.1) is 0 Å². The van der Waals surface area contributed by atoms with Gasteiger partial charge in [-0.05, 0) is 40.3 Å². The first-order valence-corrected chi connectivity index (χ1v) is 8.67. The van der Waals surface area contributed by atoms with Gasteiger partial charge in [-0.1, -0.05) is 17.7 Å². The molecule has 1 saturated heterocycles. The van der Waals surface area contributed by atoms with Crippen LogP contribution in [0.5, 0.6) is 0 Å². The molecule has 7 heteroatoms. The second kappa shape index (κ2) is 8.33. The molecule has 0 aliphatic carbocycles. The van der Waals surface area contributed by atoms with E-state index in [9.17, 15) is 4.79 Å². The van der Waals surface area contributed by atoms with Gasteiger partial charge in [0, 0.05) is 43.2 Å². The highest BCUT2D eigenvalue weighted by atomic mass is 127. The molecule has 0 aromatic heterocycles. The second-order valence-corrected chi connectivity index (χ2v) is 7.04. The fraction of sp³-hybridized carbons (Fsp3) is 0.533. The van der Waals surface area contributed by atoms with Gasteiger partial charge in [0.2, 0.25) is 0 Å². The largest absolute Gasteiger partial charge is 0.374 e. The molecule has 0 spiro atoms. The van der Waals surface area contributed by atoms with Crippen molar-refractivity contribution in [3.8, 4) is 0 Å². The summed E-state index contributed by atoms with van der Waals surface area (Å²) in [6.45, 7) is 2.73. The molecule has 2 rings (SSSR count). The van der Waals surface area contributed by atoms with Gasteiger partial charge in [-0.25, -0.2) is 4.79 Å². The summed E-state index contributed by atoms with van der Waals surface area (Å²) in [6, 6.07) is 5.97.